The number of para-hydroxylation sites is 2. The Morgan fingerprint density at radius 2 is 1.26 bits per heavy atom. The van der Waals surface area contributed by atoms with Gasteiger partial charge in [-0.25, -0.2) is 0 Å². The highest BCUT2D eigenvalue weighted by Gasteiger charge is 2.41. The van der Waals surface area contributed by atoms with E-state index in [0.717, 1.165) is 53.8 Å². The predicted octanol–water partition coefficient (Wildman–Crippen LogP) is 9.18. The van der Waals surface area contributed by atoms with Gasteiger partial charge in [0, 0.05) is 73.3 Å². The van der Waals surface area contributed by atoms with Crippen molar-refractivity contribution in [2.75, 3.05) is 85.7 Å². The van der Waals surface area contributed by atoms with Crippen LogP contribution < -0.4 is 43.9 Å². The zero-order chi connectivity index (χ0) is 55.5. The number of methoxy groups -OCH3 is 2. The SMILES string of the molecule is CC=NCC(=O)C(CCSSC(C)(C)CCC(=O)Nc1cc(COc2cc3c(cc2OC)C(=O)N2c4ccccc4C[C@H]2CN3C)cc(COc2cc3c(cc2OC)C(=O)N2c4ccccc4C[C@H]2CN3C)c1)S(=O)(=O)OC. The Kier molecular flexibility index (Phi) is 17.0. The van der Waals surface area contributed by atoms with E-state index in [1.54, 1.807) is 33.3 Å². The number of anilines is 5. The summed E-state index contributed by atoms with van der Waals surface area (Å²) in [5.41, 5.74) is 8.54. The van der Waals surface area contributed by atoms with Crippen molar-refractivity contribution in [1.29, 1.82) is 0 Å². The fourth-order valence-electron chi connectivity index (χ4n) is 10.7. The minimum absolute atomic E-state index is 0.0353. The van der Waals surface area contributed by atoms with Gasteiger partial charge in [0.2, 0.25) is 5.91 Å². The summed E-state index contributed by atoms with van der Waals surface area (Å²) in [5, 5.41) is 1.77. The molecule has 0 saturated carbocycles. The second kappa shape index (κ2) is 23.7. The van der Waals surface area contributed by atoms with Gasteiger partial charge in [0.1, 0.15) is 18.5 Å². The Hall–Kier alpha value is -6.74. The number of rotatable bonds is 22. The number of Topliss-reactive ketones (excluding diaryl/α,β-unsaturated/α-hetero) is 1. The molecule has 0 aliphatic carbocycles. The molecule has 1 N–H and O–H groups in total. The molecule has 4 aliphatic heterocycles. The first-order valence-electron chi connectivity index (χ1n) is 25.9. The number of nitrogens with zero attached hydrogens (tertiary/aromatic N) is 5. The minimum Gasteiger partial charge on any atom is -0.493 e. The molecule has 0 fully saturated rings. The summed E-state index contributed by atoms with van der Waals surface area (Å²) in [6.45, 7) is 6.79. The number of amides is 3. The molecule has 0 bridgehead atoms. The third-order valence-electron chi connectivity index (χ3n) is 14.6. The van der Waals surface area contributed by atoms with Crippen LogP contribution in [-0.4, -0.2) is 121 Å². The average molecular weight is 1120 g/mol. The van der Waals surface area contributed by atoms with E-state index in [2.05, 4.69) is 32.2 Å². The standard InChI is InChI=1S/C58H66N6O11S3/c1-9-59-31-49(65)54(78(69,70)73-8)19-21-76-77-58(2,3)20-18-55(66)60-40-23-36(34-74-52-29-47-43(27-50(52)71-6)56(67)63-41(32-61(47)4)25-38-14-10-12-16-45(38)63)22-37(24-40)35-75-53-30-48-44(28-51(53)72-7)57(68)64-42(33-62(48)5)26-39-15-11-13-17-46(39)64/h9-17,22-24,27-30,41-42,54H,18-21,25-26,31-35H2,1-8H3,(H,60,66)/t41-,42-,54?/m0/s1. The van der Waals surface area contributed by atoms with E-state index in [-0.39, 0.29) is 62.4 Å². The van der Waals surface area contributed by atoms with Crippen LogP contribution in [-0.2, 0) is 49.9 Å². The first kappa shape index (κ1) is 56.0. The molecule has 0 radical (unpaired) electrons. The molecule has 9 rings (SSSR count). The lowest BCUT2D eigenvalue weighted by Gasteiger charge is -2.25. The van der Waals surface area contributed by atoms with Crippen LogP contribution in [0.1, 0.15) is 83.0 Å². The van der Waals surface area contributed by atoms with Crippen LogP contribution >= 0.6 is 21.6 Å². The molecule has 3 atom stereocenters. The van der Waals surface area contributed by atoms with E-state index in [0.29, 0.717) is 76.2 Å². The fraction of sp³-hybridized carbons (Fsp3) is 0.397. The van der Waals surface area contributed by atoms with Crippen LogP contribution in [0.3, 0.4) is 0 Å². The van der Waals surface area contributed by atoms with E-state index >= 15 is 0 Å². The van der Waals surface area contributed by atoms with E-state index in [9.17, 15) is 27.6 Å². The summed E-state index contributed by atoms with van der Waals surface area (Å²) >= 11 is 0. The van der Waals surface area contributed by atoms with Crippen molar-refractivity contribution < 1.29 is 50.7 Å². The molecule has 4 aliphatic rings. The topological polar surface area (TPSA) is 186 Å². The maximum absolute atomic E-state index is 14.3. The van der Waals surface area contributed by atoms with Crippen molar-refractivity contribution in [1.82, 2.24) is 0 Å². The van der Waals surface area contributed by atoms with Gasteiger partial charge in [-0.1, -0.05) is 58.0 Å². The van der Waals surface area contributed by atoms with Gasteiger partial charge in [-0.2, -0.15) is 8.42 Å². The second-order valence-corrected chi connectivity index (χ2v) is 25.5. The number of hydrogen-bond acceptors (Lipinski definition) is 16. The van der Waals surface area contributed by atoms with Gasteiger partial charge in [-0.05, 0) is 117 Å². The van der Waals surface area contributed by atoms with Crippen LogP contribution in [0.4, 0.5) is 28.4 Å². The quantitative estimate of drug-likeness (QED) is 0.0299. The van der Waals surface area contributed by atoms with E-state index < -0.39 is 25.9 Å². The molecular weight excluding hydrogens is 1050 g/mol. The number of ketones is 1. The van der Waals surface area contributed by atoms with E-state index in [1.165, 1.54) is 27.8 Å². The van der Waals surface area contributed by atoms with Crippen LogP contribution in [0.2, 0.25) is 0 Å². The van der Waals surface area contributed by atoms with Crippen molar-refractivity contribution in [3.8, 4) is 23.0 Å². The van der Waals surface area contributed by atoms with Crippen molar-refractivity contribution in [2.24, 2.45) is 4.99 Å². The molecule has 1 unspecified atom stereocenters. The van der Waals surface area contributed by atoms with Gasteiger partial charge in [0.15, 0.2) is 28.8 Å². The molecule has 20 heteroatoms. The molecular formula is C58H66N6O11S3. The van der Waals surface area contributed by atoms with Gasteiger partial charge in [-0.15, -0.1) is 0 Å². The normalized spacial score (nSPS) is 17.1. The van der Waals surface area contributed by atoms with Crippen molar-refractivity contribution in [2.45, 2.75) is 88.2 Å². The first-order chi connectivity index (χ1) is 37.4. The Morgan fingerprint density at radius 3 is 1.74 bits per heavy atom. The maximum atomic E-state index is 14.3. The smallest absolute Gasteiger partial charge is 0.277 e. The molecule has 3 amide bonds. The molecule has 78 heavy (non-hydrogen) atoms. The summed E-state index contributed by atoms with van der Waals surface area (Å²) in [5.74, 6) is 1.07. The van der Waals surface area contributed by atoms with Crippen LogP contribution in [0.15, 0.2) is 96.0 Å². The summed E-state index contributed by atoms with van der Waals surface area (Å²) < 4.78 is 54.3. The van der Waals surface area contributed by atoms with Crippen molar-refractivity contribution in [3.63, 3.8) is 0 Å². The number of carbonyl (C=O) groups excluding carboxylic acids is 4. The molecule has 4 heterocycles. The van der Waals surface area contributed by atoms with Gasteiger partial charge in [0.25, 0.3) is 21.9 Å². The number of benzene rings is 5. The third kappa shape index (κ3) is 12.0. The zero-order valence-corrected chi connectivity index (χ0v) is 47.6. The number of aliphatic imine (C=N–C) groups is 1. The lowest BCUT2D eigenvalue weighted by molar-refractivity contribution is -0.117. The lowest BCUT2D eigenvalue weighted by atomic mass is 10.1. The molecule has 5 aromatic carbocycles. The maximum Gasteiger partial charge on any atom is 0.277 e. The summed E-state index contributed by atoms with van der Waals surface area (Å²) in [7, 11) is 6.95. The molecule has 0 saturated heterocycles. The lowest BCUT2D eigenvalue weighted by Crippen LogP contribution is -2.41. The van der Waals surface area contributed by atoms with Gasteiger partial charge < -0.3 is 43.9 Å². The highest BCUT2D eigenvalue weighted by atomic mass is 33.1. The van der Waals surface area contributed by atoms with Gasteiger partial charge in [0.05, 0.1) is 62.5 Å². The second-order valence-electron chi connectivity index (χ2n) is 20.5. The van der Waals surface area contributed by atoms with E-state index in [4.69, 9.17) is 23.1 Å². The van der Waals surface area contributed by atoms with Crippen molar-refractivity contribution in [3.05, 3.63) is 124 Å². The predicted molar refractivity (Wildman–Crippen MR) is 309 cm³/mol. The van der Waals surface area contributed by atoms with Crippen LogP contribution in [0.5, 0.6) is 23.0 Å². The number of fused-ring (bicyclic) bond motifs is 8. The van der Waals surface area contributed by atoms with Gasteiger partial charge in [-0.3, -0.25) is 28.4 Å². The Balaban J connectivity index is 0.933. The third-order valence-corrected chi connectivity index (χ3v) is 19.6. The fourth-order valence-corrected chi connectivity index (χ4v) is 14.5. The van der Waals surface area contributed by atoms with Crippen molar-refractivity contribution >= 4 is 89.9 Å². The van der Waals surface area contributed by atoms with Crippen LogP contribution in [0.25, 0.3) is 0 Å². The molecule has 5 aromatic rings. The molecule has 412 valence electrons. The van der Waals surface area contributed by atoms with Crippen LogP contribution in [0, 0.1) is 0 Å². The van der Waals surface area contributed by atoms with Gasteiger partial charge >= 0.3 is 0 Å². The Morgan fingerprint density at radius 1 is 0.744 bits per heavy atom. The number of nitrogens with one attached hydrogen (secondary N) is 1. The summed E-state index contributed by atoms with van der Waals surface area (Å²) in [6, 6.07) is 28.8. The largest absolute Gasteiger partial charge is 0.493 e. The first-order valence-corrected chi connectivity index (χ1v) is 29.7. The number of ether oxygens (including phenoxy) is 4. The average Bonchev–Trinajstić information content (AvgIpc) is 4.02. The number of likely N-dealkylation sites (N-methyl/N-ethyl adjacent to an activating group) is 2. The summed E-state index contributed by atoms with van der Waals surface area (Å²) in [4.78, 5) is 67.1. The molecule has 0 spiro atoms. The number of hydrogen-bond donors (Lipinski definition) is 1. The Labute approximate surface area is 464 Å². The monoisotopic (exact) mass is 1120 g/mol. The summed E-state index contributed by atoms with van der Waals surface area (Å²) in [6.07, 6.45) is 3.69. The number of carbonyl (C=O) groups is 4. The molecule has 17 nitrogen and oxygen atoms in total. The zero-order valence-electron chi connectivity index (χ0n) is 45.2. The highest BCUT2D eigenvalue weighted by Crippen LogP contribution is 2.45. The molecule has 0 aromatic heterocycles. The highest BCUT2D eigenvalue weighted by molar-refractivity contribution is 8.77. The Bertz CT molecular complexity index is 3100. The van der Waals surface area contributed by atoms with E-state index in [1.807, 2.05) is 104 Å². The minimum atomic E-state index is -4.10.